The second-order valence-corrected chi connectivity index (χ2v) is 4.79. The standard InChI is InChI=1S/C13H17F2NO2/c14-11-2-1-10(5-12(11)15)13(18)7-16-4-3-9(6-16)8-17/h1-2,5,9,13,17-18H,3-4,6-8H2. The molecule has 2 unspecified atom stereocenters. The molecule has 0 aromatic heterocycles. The van der Waals surface area contributed by atoms with Crippen LogP contribution in [0.1, 0.15) is 18.1 Å². The van der Waals surface area contributed by atoms with E-state index in [9.17, 15) is 13.9 Å². The lowest BCUT2D eigenvalue weighted by molar-refractivity contribution is 0.120. The third-order valence-electron chi connectivity index (χ3n) is 3.39. The Balaban J connectivity index is 1.95. The van der Waals surface area contributed by atoms with Crippen LogP contribution in [0.15, 0.2) is 18.2 Å². The van der Waals surface area contributed by atoms with Gasteiger partial charge < -0.3 is 15.1 Å². The van der Waals surface area contributed by atoms with Gasteiger partial charge in [0.1, 0.15) is 0 Å². The Morgan fingerprint density at radius 3 is 2.72 bits per heavy atom. The molecule has 0 saturated carbocycles. The minimum atomic E-state index is -0.943. The number of nitrogens with zero attached hydrogens (tertiary/aromatic N) is 1. The number of aliphatic hydroxyl groups excluding tert-OH is 2. The largest absolute Gasteiger partial charge is 0.396 e. The van der Waals surface area contributed by atoms with Crippen LogP contribution < -0.4 is 0 Å². The zero-order valence-electron chi connectivity index (χ0n) is 10.0. The summed E-state index contributed by atoms with van der Waals surface area (Å²) in [4.78, 5) is 2.02. The van der Waals surface area contributed by atoms with Crippen molar-refractivity contribution in [2.75, 3.05) is 26.2 Å². The van der Waals surface area contributed by atoms with Crippen LogP contribution in [0.4, 0.5) is 8.78 Å². The molecule has 2 N–H and O–H groups in total. The number of halogens is 2. The Morgan fingerprint density at radius 2 is 2.11 bits per heavy atom. The molecule has 18 heavy (non-hydrogen) atoms. The van der Waals surface area contributed by atoms with Crippen LogP contribution in [-0.2, 0) is 0 Å². The number of β-amino-alcohol motifs (C(OH)–C–C–N with tert-alkyl or cyclic N) is 1. The average Bonchev–Trinajstić information content (AvgIpc) is 2.80. The molecule has 5 heteroatoms. The number of hydrogen-bond acceptors (Lipinski definition) is 3. The first-order valence-corrected chi connectivity index (χ1v) is 6.06. The Bertz CT molecular complexity index is 414. The van der Waals surface area contributed by atoms with E-state index in [4.69, 9.17) is 5.11 Å². The van der Waals surface area contributed by atoms with Crippen LogP contribution in [0.5, 0.6) is 0 Å². The lowest BCUT2D eigenvalue weighted by atomic mass is 10.1. The van der Waals surface area contributed by atoms with Crippen molar-refractivity contribution in [2.45, 2.75) is 12.5 Å². The molecular weight excluding hydrogens is 240 g/mol. The monoisotopic (exact) mass is 257 g/mol. The molecule has 1 aromatic carbocycles. The molecular formula is C13H17F2NO2. The number of rotatable bonds is 4. The molecule has 1 saturated heterocycles. The molecule has 1 aromatic rings. The van der Waals surface area contributed by atoms with Gasteiger partial charge in [-0.25, -0.2) is 8.78 Å². The number of hydrogen-bond donors (Lipinski definition) is 2. The molecule has 3 nitrogen and oxygen atoms in total. The first-order valence-electron chi connectivity index (χ1n) is 6.06. The summed E-state index contributed by atoms with van der Waals surface area (Å²) in [6.07, 6.45) is 0.0682. The molecule has 0 aliphatic carbocycles. The van der Waals surface area contributed by atoms with E-state index in [2.05, 4.69) is 0 Å². The Morgan fingerprint density at radius 1 is 1.33 bits per heavy atom. The van der Waals surface area contributed by atoms with E-state index in [1.807, 2.05) is 4.90 Å². The van der Waals surface area contributed by atoms with Crippen LogP contribution in [0.3, 0.4) is 0 Å². The summed E-state index contributed by atoms with van der Waals surface area (Å²) in [5.74, 6) is -1.60. The predicted octanol–water partition coefficient (Wildman–Crippen LogP) is 1.31. The van der Waals surface area contributed by atoms with Gasteiger partial charge in [-0.2, -0.15) is 0 Å². The van der Waals surface area contributed by atoms with Gasteiger partial charge in [0.15, 0.2) is 11.6 Å². The molecule has 1 fully saturated rings. The normalized spacial score (nSPS) is 22.3. The predicted molar refractivity (Wildman–Crippen MR) is 63.0 cm³/mol. The van der Waals surface area contributed by atoms with Crippen LogP contribution in [0, 0.1) is 17.6 Å². The second kappa shape index (κ2) is 5.73. The zero-order chi connectivity index (χ0) is 13.1. The Labute approximate surface area is 105 Å². The number of likely N-dealkylation sites (tertiary alicyclic amines) is 1. The Hall–Kier alpha value is -1.04. The molecule has 0 radical (unpaired) electrons. The zero-order valence-corrected chi connectivity index (χ0v) is 10.0. The van der Waals surface area contributed by atoms with E-state index in [0.29, 0.717) is 12.1 Å². The summed E-state index contributed by atoms with van der Waals surface area (Å²) in [6.45, 7) is 2.07. The van der Waals surface area contributed by atoms with Crippen molar-refractivity contribution in [3.05, 3.63) is 35.4 Å². The molecule has 0 amide bonds. The molecule has 100 valence electrons. The minimum absolute atomic E-state index is 0.151. The van der Waals surface area contributed by atoms with E-state index in [1.54, 1.807) is 0 Å². The van der Waals surface area contributed by atoms with Gasteiger partial charge in [-0.1, -0.05) is 6.07 Å². The highest BCUT2D eigenvalue weighted by Gasteiger charge is 2.24. The summed E-state index contributed by atoms with van der Waals surface area (Å²) < 4.78 is 25.8. The SMILES string of the molecule is OCC1CCN(CC(O)c2ccc(F)c(F)c2)C1. The maximum absolute atomic E-state index is 13.0. The maximum Gasteiger partial charge on any atom is 0.159 e. The van der Waals surface area contributed by atoms with Gasteiger partial charge in [-0.15, -0.1) is 0 Å². The van der Waals surface area contributed by atoms with Crippen molar-refractivity contribution in [1.82, 2.24) is 4.90 Å². The molecule has 2 atom stereocenters. The first kappa shape index (κ1) is 13.4. The third-order valence-corrected chi connectivity index (χ3v) is 3.39. The lowest BCUT2D eigenvalue weighted by Crippen LogP contribution is -2.27. The van der Waals surface area contributed by atoms with Gasteiger partial charge >= 0.3 is 0 Å². The van der Waals surface area contributed by atoms with Crippen molar-refractivity contribution >= 4 is 0 Å². The van der Waals surface area contributed by atoms with Crippen molar-refractivity contribution in [2.24, 2.45) is 5.92 Å². The highest BCUT2D eigenvalue weighted by Crippen LogP contribution is 2.21. The summed E-state index contributed by atoms with van der Waals surface area (Å²) in [5, 5.41) is 19.0. The van der Waals surface area contributed by atoms with Gasteiger partial charge in [-0.3, -0.25) is 0 Å². The molecule has 2 rings (SSSR count). The third kappa shape index (κ3) is 3.04. The van der Waals surface area contributed by atoms with Gasteiger partial charge in [-0.05, 0) is 36.6 Å². The van der Waals surface area contributed by atoms with Gasteiger partial charge in [0.2, 0.25) is 0 Å². The van der Waals surface area contributed by atoms with Gasteiger partial charge in [0.05, 0.1) is 6.10 Å². The molecule has 1 heterocycles. The summed E-state index contributed by atoms with van der Waals surface area (Å²) in [5.41, 5.74) is 0.376. The topological polar surface area (TPSA) is 43.7 Å². The number of benzene rings is 1. The molecule has 0 spiro atoms. The van der Waals surface area contributed by atoms with Crippen LogP contribution in [0.2, 0.25) is 0 Å². The fourth-order valence-electron chi connectivity index (χ4n) is 2.30. The quantitative estimate of drug-likeness (QED) is 0.855. The molecule has 1 aliphatic rings. The minimum Gasteiger partial charge on any atom is -0.396 e. The maximum atomic E-state index is 13.0. The second-order valence-electron chi connectivity index (χ2n) is 4.79. The van der Waals surface area contributed by atoms with Crippen LogP contribution in [-0.4, -0.2) is 41.4 Å². The van der Waals surface area contributed by atoms with Gasteiger partial charge in [0, 0.05) is 19.7 Å². The first-order chi connectivity index (χ1) is 8.60. The smallest absolute Gasteiger partial charge is 0.159 e. The van der Waals surface area contributed by atoms with Crippen molar-refractivity contribution < 1.29 is 19.0 Å². The average molecular weight is 257 g/mol. The van der Waals surface area contributed by atoms with Crippen molar-refractivity contribution in [3.63, 3.8) is 0 Å². The summed E-state index contributed by atoms with van der Waals surface area (Å²) >= 11 is 0. The van der Waals surface area contributed by atoms with E-state index in [1.165, 1.54) is 6.07 Å². The lowest BCUT2D eigenvalue weighted by Gasteiger charge is -2.20. The highest BCUT2D eigenvalue weighted by molar-refractivity contribution is 5.20. The van der Waals surface area contributed by atoms with E-state index in [0.717, 1.165) is 31.6 Å². The Kier molecular flexibility index (Phi) is 4.27. The van der Waals surface area contributed by atoms with E-state index < -0.39 is 17.7 Å². The van der Waals surface area contributed by atoms with Crippen LogP contribution in [0.25, 0.3) is 0 Å². The van der Waals surface area contributed by atoms with E-state index in [-0.39, 0.29) is 12.5 Å². The highest BCUT2D eigenvalue weighted by atomic mass is 19.2. The number of aliphatic hydroxyl groups is 2. The summed E-state index contributed by atoms with van der Waals surface area (Å²) in [7, 11) is 0. The van der Waals surface area contributed by atoms with Crippen molar-refractivity contribution in [1.29, 1.82) is 0 Å². The van der Waals surface area contributed by atoms with Crippen molar-refractivity contribution in [3.8, 4) is 0 Å². The fourth-order valence-corrected chi connectivity index (χ4v) is 2.30. The summed E-state index contributed by atoms with van der Waals surface area (Å²) in [6, 6.07) is 3.44. The molecule has 0 bridgehead atoms. The van der Waals surface area contributed by atoms with E-state index >= 15 is 0 Å². The fraction of sp³-hybridized carbons (Fsp3) is 0.538. The van der Waals surface area contributed by atoms with Crippen LogP contribution >= 0.6 is 0 Å². The molecule has 1 aliphatic heterocycles. The van der Waals surface area contributed by atoms with Gasteiger partial charge in [0.25, 0.3) is 0 Å².